The second-order valence-corrected chi connectivity index (χ2v) is 10.1. The van der Waals surface area contributed by atoms with Crippen molar-refractivity contribution < 1.29 is 9.59 Å². The molecule has 0 spiro atoms. The molecule has 0 radical (unpaired) electrons. The molecule has 2 aliphatic rings. The van der Waals surface area contributed by atoms with Gasteiger partial charge in [0, 0.05) is 37.2 Å². The van der Waals surface area contributed by atoms with E-state index in [0.29, 0.717) is 29.9 Å². The van der Waals surface area contributed by atoms with Crippen LogP contribution in [-0.2, 0) is 9.59 Å². The zero-order valence-electron chi connectivity index (χ0n) is 18.4. The number of carbonyl (C=O) groups excluding carboxylic acids is 2. The van der Waals surface area contributed by atoms with E-state index in [-0.39, 0.29) is 23.1 Å². The van der Waals surface area contributed by atoms with Crippen molar-refractivity contribution in [2.45, 2.75) is 37.1 Å². The number of amides is 2. The summed E-state index contributed by atoms with van der Waals surface area (Å²) in [6.07, 6.45) is 2.19. The molecular weight excluding hydrogens is 442 g/mol. The van der Waals surface area contributed by atoms with Gasteiger partial charge >= 0.3 is 0 Å². The fraction of sp³-hybridized carbons (Fsp3) is 0.440. The highest BCUT2D eigenvalue weighted by atomic mass is 35.5. The molecule has 170 valence electrons. The Kier molecular flexibility index (Phi) is 7.76. The van der Waals surface area contributed by atoms with Gasteiger partial charge in [-0.25, -0.2) is 0 Å². The molecule has 7 heteroatoms. The molecule has 1 heterocycles. The first-order valence-corrected chi connectivity index (χ1v) is 12.7. The van der Waals surface area contributed by atoms with Gasteiger partial charge in [-0.05, 0) is 43.0 Å². The van der Waals surface area contributed by atoms with Crippen molar-refractivity contribution in [1.29, 1.82) is 0 Å². The van der Waals surface area contributed by atoms with Crippen molar-refractivity contribution >= 4 is 35.2 Å². The molecule has 2 aromatic rings. The maximum atomic E-state index is 13.0. The molecule has 4 rings (SSSR count). The Bertz CT molecular complexity index is 913. The summed E-state index contributed by atoms with van der Waals surface area (Å²) in [7, 11) is 0. The number of thioether (sulfide) groups is 1. The number of hydrogen-bond donors (Lipinski definition) is 1. The molecule has 2 atom stereocenters. The first-order valence-electron chi connectivity index (χ1n) is 11.3. The number of nitrogens with zero attached hydrogens (tertiary/aromatic N) is 2. The Hall–Kier alpha value is -2.02. The average molecular weight is 472 g/mol. The van der Waals surface area contributed by atoms with Crippen LogP contribution in [0.1, 0.15) is 36.1 Å². The Morgan fingerprint density at radius 2 is 1.62 bits per heavy atom. The van der Waals surface area contributed by atoms with Crippen LogP contribution in [-0.4, -0.2) is 65.6 Å². The number of hydrogen-bond acceptors (Lipinski definition) is 4. The lowest BCUT2D eigenvalue weighted by Crippen LogP contribution is -2.55. The Labute approximate surface area is 199 Å². The Morgan fingerprint density at radius 3 is 2.25 bits per heavy atom. The summed E-state index contributed by atoms with van der Waals surface area (Å²) < 4.78 is 0. The standard InChI is InChI=1S/C25H30ClN3O2S/c1-18(25(31)27-22-11-12-22)28-13-15-29(16-14-28)23(30)17-32-24(19-5-3-2-4-6-19)20-7-9-21(26)10-8-20/h2-10,18,22,24H,11-17H2,1H3,(H,27,31). The number of carbonyl (C=O) groups is 2. The quantitative estimate of drug-likeness (QED) is 0.632. The molecule has 1 saturated carbocycles. The van der Waals surface area contributed by atoms with Gasteiger partial charge in [-0.2, -0.15) is 0 Å². The van der Waals surface area contributed by atoms with Crippen LogP contribution in [0.3, 0.4) is 0 Å². The first kappa shape index (κ1) is 23.1. The van der Waals surface area contributed by atoms with Gasteiger partial charge in [-0.1, -0.05) is 54.1 Å². The molecule has 1 aliphatic carbocycles. The largest absolute Gasteiger partial charge is 0.352 e. The van der Waals surface area contributed by atoms with E-state index in [0.717, 1.165) is 31.5 Å². The molecule has 1 aliphatic heterocycles. The molecule has 2 aromatic carbocycles. The zero-order chi connectivity index (χ0) is 22.5. The van der Waals surface area contributed by atoms with Gasteiger partial charge in [0.2, 0.25) is 11.8 Å². The van der Waals surface area contributed by atoms with Crippen LogP contribution in [0.4, 0.5) is 0 Å². The normalized spacial score (nSPS) is 18.8. The van der Waals surface area contributed by atoms with E-state index in [2.05, 4.69) is 22.3 Å². The van der Waals surface area contributed by atoms with Crippen LogP contribution in [0, 0.1) is 0 Å². The summed E-state index contributed by atoms with van der Waals surface area (Å²) >= 11 is 7.73. The van der Waals surface area contributed by atoms with Gasteiger partial charge in [-0.3, -0.25) is 14.5 Å². The Morgan fingerprint density at radius 1 is 1.00 bits per heavy atom. The number of halogens is 1. The molecule has 1 saturated heterocycles. The summed E-state index contributed by atoms with van der Waals surface area (Å²) in [5.41, 5.74) is 2.31. The summed E-state index contributed by atoms with van der Waals surface area (Å²) in [5.74, 6) is 0.677. The van der Waals surface area contributed by atoms with Crippen LogP contribution in [0.25, 0.3) is 0 Å². The summed E-state index contributed by atoms with van der Waals surface area (Å²) in [4.78, 5) is 29.4. The van der Waals surface area contributed by atoms with Gasteiger partial charge in [-0.15, -0.1) is 11.8 Å². The van der Waals surface area contributed by atoms with E-state index < -0.39 is 0 Å². The molecule has 5 nitrogen and oxygen atoms in total. The average Bonchev–Trinajstić information content (AvgIpc) is 3.64. The lowest BCUT2D eigenvalue weighted by molar-refractivity contribution is -0.131. The highest BCUT2D eigenvalue weighted by Crippen LogP contribution is 2.36. The molecular formula is C25H30ClN3O2S. The van der Waals surface area contributed by atoms with Crippen molar-refractivity contribution in [3.8, 4) is 0 Å². The molecule has 0 aromatic heterocycles. The second-order valence-electron chi connectivity index (χ2n) is 8.53. The Balaban J connectivity index is 1.31. The first-order chi connectivity index (χ1) is 15.5. The summed E-state index contributed by atoms with van der Waals surface area (Å²) in [6.45, 7) is 4.75. The second kappa shape index (κ2) is 10.7. The maximum absolute atomic E-state index is 13.0. The van der Waals surface area contributed by atoms with Crippen molar-refractivity contribution in [1.82, 2.24) is 15.1 Å². The van der Waals surface area contributed by atoms with Crippen LogP contribution in [0.15, 0.2) is 54.6 Å². The minimum atomic E-state index is -0.144. The number of benzene rings is 2. The SMILES string of the molecule is CC(C(=O)NC1CC1)N1CCN(C(=O)CSC(c2ccccc2)c2ccc(Cl)cc2)CC1. The van der Waals surface area contributed by atoms with Gasteiger partial charge in [0.25, 0.3) is 0 Å². The number of nitrogens with one attached hydrogen (secondary N) is 1. The van der Waals surface area contributed by atoms with Gasteiger partial charge in [0.05, 0.1) is 17.0 Å². The molecule has 0 bridgehead atoms. The zero-order valence-corrected chi connectivity index (χ0v) is 19.9. The van der Waals surface area contributed by atoms with E-state index >= 15 is 0 Å². The fourth-order valence-corrected chi connectivity index (χ4v) is 5.29. The third-order valence-electron chi connectivity index (χ3n) is 6.17. The maximum Gasteiger partial charge on any atom is 0.237 e. The number of rotatable bonds is 8. The van der Waals surface area contributed by atoms with Gasteiger partial charge < -0.3 is 10.2 Å². The van der Waals surface area contributed by atoms with Crippen molar-refractivity contribution in [3.63, 3.8) is 0 Å². The van der Waals surface area contributed by atoms with E-state index in [1.807, 2.05) is 54.3 Å². The fourth-order valence-electron chi connectivity index (χ4n) is 3.97. The molecule has 2 fully saturated rings. The molecule has 1 N–H and O–H groups in total. The third kappa shape index (κ3) is 6.06. The van der Waals surface area contributed by atoms with Gasteiger partial charge in [0.15, 0.2) is 0 Å². The smallest absolute Gasteiger partial charge is 0.237 e. The van der Waals surface area contributed by atoms with Crippen molar-refractivity contribution in [2.24, 2.45) is 0 Å². The number of piperazine rings is 1. The van der Waals surface area contributed by atoms with E-state index in [9.17, 15) is 9.59 Å². The predicted molar refractivity (Wildman–Crippen MR) is 131 cm³/mol. The highest BCUT2D eigenvalue weighted by molar-refractivity contribution is 8.00. The third-order valence-corrected chi connectivity index (χ3v) is 7.71. The van der Waals surface area contributed by atoms with E-state index in [1.165, 1.54) is 5.56 Å². The summed E-state index contributed by atoms with van der Waals surface area (Å²) in [5, 5.41) is 3.86. The topological polar surface area (TPSA) is 52.7 Å². The van der Waals surface area contributed by atoms with Crippen LogP contribution < -0.4 is 5.32 Å². The molecule has 32 heavy (non-hydrogen) atoms. The van der Waals surface area contributed by atoms with E-state index in [1.54, 1.807) is 11.8 Å². The van der Waals surface area contributed by atoms with Crippen molar-refractivity contribution in [3.05, 3.63) is 70.7 Å². The minimum Gasteiger partial charge on any atom is -0.352 e. The highest BCUT2D eigenvalue weighted by Gasteiger charge is 2.31. The monoisotopic (exact) mass is 471 g/mol. The summed E-state index contributed by atoms with van der Waals surface area (Å²) in [6, 6.07) is 18.4. The van der Waals surface area contributed by atoms with Crippen LogP contribution >= 0.6 is 23.4 Å². The van der Waals surface area contributed by atoms with E-state index in [4.69, 9.17) is 11.6 Å². The van der Waals surface area contributed by atoms with Gasteiger partial charge in [0.1, 0.15) is 0 Å². The van der Waals surface area contributed by atoms with Crippen LogP contribution in [0.2, 0.25) is 5.02 Å². The minimum absolute atomic E-state index is 0.0739. The molecule has 2 unspecified atom stereocenters. The lowest BCUT2D eigenvalue weighted by atomic mass is 10.0. The predicted octanol–water partition coefficient (Wildman–Crippen LogP) is 3.97. The van der Waals surface area contributed by atoms with Crippen LogP contribution in [0.5, 0.6) is 0 Å². The lowest BCUT2D eigenvalue weighted by Gasteiger charge is -2.37. The van der Waals surface area contributed by atoms with Crippen molar-refractivity contribution in [2.75, 3.05) is 31.9 Å². The molecule has 2 amide bonds.